The maximum absolute atomic E-state index is 12.7. The van der Waals surface area contributed by atoms with E-state index in [0.29, 0.717) is 11.2 Å². The number of hydrogen-bond acceptors (Lipinski definition) is 5. The first kappa shape index (κ1) is 23.7. The second-order valence-corrected chi connectivity index (χ2v) is 8.54. The summed E-state index contributed by atoms with van der Waals surface area (Å²) in [6.07, 6.45) is 1.23. The Bertz CT molecular complexity index is 836. The quantitative estimate of drug-likeness (QED) is 0.536. The van der Waals surface area contributed by atoms with Crippen LogP contribution in [-0.4, -0.2) is 60.9 Å². The molecule has 0 aromatic heterocycles. The molecular weight excluding hydrogens is 413 g/mol. The van der Waals surface area contributed by atoms with Gasteiger partial charge in [-0.15, -0.1) is 8.58 Å². The normalized spacial score (nSPS) is 17.0. The SMILES string of the molecule is CN1CCPC(CNC(=O)c2ccc(O)cc2)C1.O=COCc1ccc(F)cc1F. The van der Waals surface area contributed by atoms with Gasteiger partial charge < -0.3 is 20.1 Å². The average molecular weight is 438 g/mol. The van der Waals surface area contributed by atoms with Crippen molar-refractivity contribution in [1.82, 2.24) is 10.2 Å². The number of carbonyl (C=O) groups is 2. The summed E-state index contributed by atoms with van der Waals surface area (Å²) in [4.78, 5) is 23.9. The molecule has 1 heterocycles. The molecule has 30 heavy (non-hydrogen) atoms. The van der Waals surface area contributed by atoms with Gasteiger partial charge in [0.1, 0.15) is 24.0 Å². The van der Waals surface area contributed by atoms with Gasteiger partial charge in [0.2, 0.25) is 0 Å². The Kier molecular flexibility index (Phi) is 9.64. The van der Waals surface area contributed by atoms with E-state index >= 15 is 0 Å². The van der Waals surface area contributed by atoms with Crippen molar-refractivity contribution in [3.8, 4) is 5.75 Å². The molecule has 6 nitrogen and oxygen atoms in total. The first-order valence-corrected chi connectivity index (χ1v) is 10.7. The number of phenols is 1. The Balaban J connectivity index is 0.000000232. The zero-order valence-electron chi connectivity index (χ0n) is 16.6. The molecule has 162 valence electrons. The van der Waals surface area contributed by atoms with E-state index in [2.05, 4.69) is 22.0 Å². The number of rotatable bonds is 6. The molecule has 2 aromatic rings. The molecule has 0 spiro atoms. The average Bonchev–Trinajstić information content (AvgIpc) is 2.72. The minimum Gasteiger partial charge on any atom is -0.508 e. The molecule has 2 aromatic carbocycles. The van der Waals surface area contributed by atoms with Gasteiger partial charge in [0.05, 0.1) is 0 Å². The van der Waals surface area contributed by atoms with E-state index in [1.807, 2.05) is 0 Å². The lowest BCUT2D eigenvalue weighted by molar-refractivity contribution is -0.129. The smallest absolute Gasteiger partial charge is 0.293 e. The van der Waals surface area contributed by atoms with Crippen LogP contribution in [0.15, 0.2) is 42.5 Å². The Morgan fingerprint density at radius 3 is 2.67 bits per heavy atom. The second-order valence-electron chi connectivity index (χ2n) is 6.81. The topological polar surface area (TPSA) is 78.9 Å². The van der Waals surface area contributed by atoms with E-state index in [9.17, 15) is 18.4 Å². The maximum Gasteiger partial charge on any atom is 0.293 e. The Morgan fingerprint density at radius 1 is 1.30 bits per heavy atom. The molecule has 0 radical (unpaired) electrons. The fourth-order valence-electron chi connectivity index (χ4n) is 2.82. The van der Waals surface area contributed by atoms with Crippen LogP contribution in [0.1, 0.15) is 15.9 Å². The van der Waals surface area contributed by atoms with Crippen molar-refractivity contribution in [3.05, 3.63) is 65.2 Å². The summed E-state index contributed by atoms with van der Waals surface area (Å²) in [7, 11) is 3.06. The molecule has 2 atom stereocenters. The molecule has 1 amide bonds. The highest BCUT2D eigenvalue weighted by molar-refractivity contribution is 7.39. The van der Waals surface area contributed by atoms with Gasteiger partial charge in [-0.25, -0.2) is 8.78 Å². The molecule has 0 saturated carbocycles. The lowest BCUT2D eigenvalue weighted by Gasteiger charge is -2.29. The number of carbonyl (C=O) groups excluding carboxylic acids is 2. The summed E-state index contributed by atoms with van der Waals surface area (Å²) in [6.45, 7) is 3.01. The molecule has 1 fully saturated rings. The number of benzene rings is 2. The number of nitrogens with one attached hydrogen (secondary N) is 1. The van der Waals surface area contributed by atoms with Crippen LogP contribution in [0.3, 0.4) is 0 Å². The third-order valence-electron chi connectivity index (χ3n) is 4.42. The van der Waals surface area contributed by atoms with Crippen molar-refractivity contribution >= 4 is 21.0 Å². The lowest BCUT2D eigenvalue weighted by atomic mass is 10.2. The summed E-state index contributed by atoms with van der Waals surface area (Å²) in [6, 6.07) is 9.42. The van der Waals surface area contributed by atoms with Crippen molar-refractivity contribution in [3.63, 3.8) is 0 Å². The standard InChI is InChI=1S/C13H19N2O2P.C8H6F2O2/c1-15-6-7-18-12(9-15)8-14-13(17)10-2-4-11(16)5-3-10;9-7-2-1-6(4-12-5-11)8(10)3-7/h2-5,12,16,18H,6-9H2,1H3,(H,14,17);1-3,5H,4H2. The van der Waals surface area contributed by atoms with E-state index in [0.717, 1.165) is 33.8 Å². The Morgan fingerprint density at radius 2 is 2.03 bits per heavy atom. The van der Waals surface area contributed by atoms with Gasteiger partial charge in [0.25, 0.3) is 12.4 Å². The van der Waals surface area contributed by atoms with Gasteiger partial charge in [-0.2, -0.15) is 0 Å². The van der Waals surface area contributed by atoms with E-state index in [1.54, 1.807) is 12.1 Å². The molecule has 9 heteroatoms. The van der Waals surface area contributed by atoms with Gasteiger partial charge in [0, 0.05) is 42.5 Å². The maximum atomic E-state index is 12.7. The van der Waals surface area contributed by atoms with Gasteiger partial charge in [-0.05, 0) is 49.6 Å². The van der Waals surface area contributed by atoms with E-state index < -0.39 is 11.6 Å². The third-order valence-corrected chi connectivity index (χ3v) is 5.90. The van der Waals surface area contributed by atoms with Crippen LogP contribution in [0.2, 0.25) is 0 Å². The number of phenolic OH excluding ortho intramolecular Hbond substituents is 1. The van der Waals surface area contributed by atoms with Gasteiger partial charge in [-0.3, -0.25) is 9.59 Å². The summed E-state index contributed by atoms with van der Waals surface area (Å²) in [5.41, 5.74) is 1.33. The van der Waals surface area contributed by atoms with E-state index in [-0.39, 0.29) is 30.3 Å². The van der Waals surface area contributed by atoms with Crippen LogP contribution in [0, 0.1) is 11.6 Å². The number of hydrogen-bond donors (Lipinski definition) is 2. The molecule has 0 bridgehead atoms. The van der Waals surface area contributed by atoms with Gasteiger partial charge in [0.15, 0.2) is 0 Å². The number of amides is 1. The number of nitrogens with zero attached hydrogens (tertiary/aromatic N) is 1. The van der Waals surface area contributed by atoms with Crippen molar-refractivity contribution in [2.75, 3.05) is 32.8 Å². The highest BCUT2D eigenvalue weighted by Crippen LogP contribution is 2.23. The molecule has 1 aliphatic heterocycles. The Hall–Kier alpha value is -2.57. The first-order chi connectivity index (χ1) is 14.4. The van der Waals surface area contributed by atoms with Crippen molar-refractivity contribution in [1.29, 1.82) is 0 Å². The summed E-state index contributed by atoms with van der Waals surface area (Å²) < 4.78 is 29.4. The first-order valence-electron chi connectivity index (χ1n) is 9.37. The fourth-order valence-corrected chi connectivity index (χ4v) is 4.43. The van der Waals surface area contributed by atoms with Crippen molar-refractivity contribution in [2.45, 2.75) is 12.3 Å². The second kappa shape index (κ2) is 12.2. The van der Waals surface area contributed by atoms with E-state index in [1.165, 1.54) is 30.9 Å². The zero-order valence-corrected chi connectivity index (χ0v) is 17.6. The monoisotopic (exact) mass is 438 g/mol. The molecular formula is C21H25F2N2O4P. The number of ether oxygens (including phenoxy) is 1. The van der Waals surface area contributed by atoms with Crippen LogP contribution >= 0.6 is 8.58 Å². The predicted octanol–water partition coefficient (Wildman–Crippen LogP) is 2.75. The molecule has 1 saturated heterocycles. The van der Waals surface area contributed by atoms with Crippen LogP contribution in [0.5, 0.6) is 5.75 Å². The number of aromatic hydroxyl groups is 1. The predicted molar refractivity (Wildman–Crippen MR) is 112 cm³/mol. The highest BCUT2D eigenvalue weighted by atomic mass is 31.1. The lowest BCUT2D eigenvalue weighted by Crippen LogP contribution is -2.40. The van der Waals surface area contributed by atoms with Crippen LogP contribution < -0.4 is 5.32 Å². The minimum absolute atomic E-state index is 0.0620. The summed E-state index contributed by atoms with van der Waals surface area (Å²) in [5.74, 6) is -1.24. The Labute approximate surface area is 176 Å². The van der Waals surface area contributed by atoms with Crippen LogP contribution in [0.4, 0.5) is 8.78 Å². The zero-order chi connectivity index (χ0) is 21.9. The molecule has 3 rings (SSSR count). The van der Waals surface area contributed by atoms with Crippen LogP contribution in [0.25, 0.3) is 0 Å². The van der Waals surface area contributed by atoms with Crippen LogP contribution in [-0.2, 0) is 16.1 Å². The molecule has 1 aliphatic rings. The van der Waals surface area contributed by atoms with E-state index in [4.69, 9.17) is 5.11 Å². The summed E-state index contributed by atoms with van der Waals surface area (Å²) in [5, 5.41) is 12.1. The highest BCUT2D eigenvalue weighted by Gasteiger charge is 2.17. The molecule has 2 N–H and O–H groups in total. The third kappa shape index (κ3) is 8.05. The molecule has 0 aliphatic carbocycles. The largest absolute Gasteiger partial charge is 0.508 e. The van der Waals surface area contributed by atoms with Gasteiger partial charge >= 0.3 is 0 Å². The number of halogens is 2. The van der Waals surface area contributed by atoms with Crippen molar-refractivity contribution in [2.24, 2.45) is 0 Å². The molecule has 2 unspecified atom stereocenters. The van der Waals surface area contributed by atoms with Gasteiger partial charge in [-0.1, -0.05) is 0 Å². The fraction of sp³-hybridized carbons (Fsp3) is 0.333. The van der Waals surface area contributed by atoms with Crippen molar-refractivity contribution < 1.29 is 28.2 Å². The minimum atomic E-state index is -0.711. The summed E-state index contributed by atoms with van der Waals surface area (Å²) >= 11 is 0.